The monoisotopic (exact) mass is 857 g/mol. The molecule has 0 radical (unpaired) electrons. The van der Waals surface area contributed by atoms with E-state index in [2.05, 4.69) is 42.3 Å². The molecule has 334 valence electrons. The van der Waals surface area contributed by atoms with Gasteiger partial charge in [-0.3, -0.25) is 33.8 Å². The Balaban J connectivity index is 0.685. The fraction of sp³-hybridized carbons (Fsp3) is 0.533. The van der Waals surface area contributed by atoms with Crippen LogP contribution in [0.5, 0.6) is 0 Å². The minimum absolute atomic E-state index is 0.212. The number of carbonyl (C=O) groups is 2. The summed E-state index contributed by atoms with van der Waals surface area (Å²) in [5.74, 6) is -0.417. The van der Waals surface area contributed by atoms with Crippen molar-refractivity contribution in [3.05, 3.63) is 76.2 Å². The maximum atomic E-state index is 15.4. The molecule has 3 N–H and O–H groups in total. The number of nitrogens with zero attached hydrogens (tertiary/aromatic N) is 6. The maximum absolute atomic E-state index is 15.4. The number of hydrogen-bond acceptors (Lipinski definition) is 12. The first-order valence-corrected chi connectivity index (χ1v) is 21.9. The van der Waals surface area contributed by atoms with Crippen LogP contribution in [0.15, 0.2) is 53.6 Å². The van der Waals surface area contributed by atoms with Crippen LogP contribution in [0.25, 0.3) is 33.2 Å². The molecule has 0 spiro atoms. The molecule has 2 fully saturated rings. The maximum Gasteiger partial charge on any atom is 0.329 e. The Morgan fingerprint density at radius 3 is 2.26 bits per heavy atom. The predicted molar refractivity (Wildman–Crippen MR) is 235 cm³/mol. The molecular formula is C45H60FN9O7. The summed E-state index contributed by atoms with van der Waals surface area (Å²) >= 11 is 0. The molecule has 2 aromatic carbocycles. The van der Waals surface area contributed by atoms with Gasteiger partial charge in [-0.15, -0.1) is 0 Å². The van der Waals surface area contributed by atoms with Gasteiger partial charge < -0.3 is 29.2 Å². The van der Waals surface area contributed by atoms with Crippen molar-refractivity contribution in [2.24, 2.45) is 7.05 Å². The summed E-state index contributed by atoms with van der Waals surface area (Å²) in [5, 5.41) is 6.38. The number of halogens is 1. The number of benzene rings is 2. The van der Waals surface area contributed by atoms with Gasteiger partial charge in [0.1, 0.15) is 17.5 Å². The molecule has 0 saturated carbocycles. The number of hydrogen-bond donors (Lipinski definition) is 3. The second-order valence-electron chi connectivity index (χ2n) is 15.9. The SMILES string of the molecule is CCCCNc1ncc2c(-c3ccc(CN4CCN(CCOCCOCCOCCOCCCc5ccc6c(c5)n(C)c(=O)n6[C@H]5CCC(=O)NC5=O)CC4)cc3F)c[nH]c2n1. The lowest BCUT2D eigenvalue weighted by Gasteiger charge is -2.34. The molecule has 16 nitrogen and oxygen atoms in total. The third-order valence-corrected chi connectivity index (χ3v) is 11.5. The number of piperazine rings is 1. The Morgan fingerprint density at radius 1 is 0.823 bits per heavy atom. The van der Waals surface area contributed by atoms with E-state index in [0.29, 0.717) is 88.5 Å². The Bertz CT molecular complexity index is 2320. The number of aromatic nitrogens is 5. The number of imide groups is 1. The number of nitrogens with one attached hydrogen (secondary N) is 3. The van der Waals surface area contributed by atoms with Crippen LogP contribution in [0, 0.1) is 5.82 Å². The summed E-state index contributed by atoms with van der Waals surface area (Å²) in [7, 11) is 1.70. The molecule has 0 bridgehead atoms. The topological polar surface area (TPSA) is 170 Å². The molecule has 2 saturated heterocycles. The zero-order valence-corrected chi connectivity index (χ0v) is 36.0. The lowest BCUT2D eigenvalue weighted by molar-refractivity contribution is -0.135. The largest absolute Gasteiger partial charge is 0.379 e. The third kappa shape index (κ3) is 11.7. The second kappa shape index (κ2) is 22.4. The number of anilines is 1. The van der Waals surface area contributed by atoms with Gasteiger partial charge in [-0.25, -0.2) is 14.2 Å². The molecule has 2 amide bonds. The molecule has 2 aliphatic heterocycles. The smallest absolute Gasteiger partial charge is 0.329 e. The number of ether oxygens (including phenoxy) is 4. The van der Waals surface area contributed by atoms with Crippen molar-refractivity contribution in [1.29, 1.82) is 0 Å². The van der Waals surface area contributed by atoms with Crippen molar-refractivity contribution in [3.63, 3.8) is 0 Å². The van der Waals surface area contributed by atoms with Gasteiger partial charge >= 0.3 is 5.69 Å². The lowest BCUT2D eigenvalue weighted by Crippen LogP contribution is -2.46. The average Bonchev–Trinajstić information content (AvgIpc) is 3.79. The first-order chi connectivity index (χ1) is 30.3. The molecule has 5 aromatic rings. The minimum Gasteiger partial charge on any atom is -0.379 e. The quantitative estimate of drug-likeness (QED) is 0.0591. The highest BCUT2D eigenvalue weighted by atomic mass is 19.1. The van der Waals surface area contributed by atoms with Gasteiger partial charge in [0.2, 0.25) is 17.8 Å². The number of rotatable bonds is 24. The predicted octanol–water partition coefficient (Wildman–Crippen LogP) is 4.42. The number of imidazole rings is 1. The van der Waals surface area contributed by atoms with Crippen LogP contribution in [0.2, 0.25) is 0 Å². The first-order valence-electron chi connectivity index (χ1n) is 21.9. The van der Waals surface area contributed by atoms with E-state index in [1.807, 2.05) is 30.3 Å². The average molecular weight is 858 g/mol. The Morgan fingerprint density at radius 2 is 1.53 bits per heavy atom. The van der Waals surface area contributed by atoms with Crippen molar-refractivity contribution >= 4 is 39.8 Å². The summed E-state index contributed by atoms with van der Waals surface area (Å²) in [6.45, 7) is 12.5. The van der Waals surface area contributed by atoms with E-state index in [-0.39, 0.29) is 23.8 Å². The van der Waals surface area contributed by atoms with Crippen LogP contribution in [0.4, 0.5) is 10.3 Å². The van der Waals surface area contributed by atoms with Crippen LogP contribution in [0.1, 0.15) is 56.2 Å². The van der Waals surface area contributed by atoms with Gasteiger partial charge in [0.25, 0.3) is 0 Å². The van der Waals surface area contributed by atoms with Crippen molar-refractivity contribution in [2.75, 3.05) is 97.4 Å². The Labute approximate surface area is 361 Å². The zero-order valence-electron chi connectivity index (χ0n) is 36.0. The standard InChI is InChI=1S/C45H60FN9O7/c1-3-4-13-47-44-49-30-36-35(29-48-42(36)51-44)34-9-7-33(27-37(34)46)31-54-16-14-53(15-17-54)18-20-60-22-24-62-26-25-61-23-21-59-19-5-6-32-8-10-38-40(28-32)52(2)45(58)55(38)39-11-12-41(56)50-43(39)57/h7-10,27-30,39H,3-6,11-26,31H2,1-2H3,(H,50,56,57)(H2,47,48,49,51)/t39-/m0/s1. The molecular weight excluding hydrogens is 798 g/mol. The lowest BCUT2D eigenvalue weighted by atomic mass is 10.0. The number of carbonyl (C=O) groups excluding carboxylic acids is 2. The zero-order chi connectivity index (χ0) is 43.3. The number of H-pyrrole nitrogens is 1. The van der Waals surface area contributed by atoms with Crippen molar-refractivity contribution < 1.29 is 32.9 Å². The molecule has 2 aliphatic rings. The van der Waals surface area contributed by atoms with Crippen molar-refractivity contribution in [3.8, 4) is 11.1 Å². The van der Waals surface area contributed by atoms with Crippen LogP contribution in [0.3, 0.4) is 0 Å². The molecule has 17 heteroatoms. The number of unbranched alkanes of at least 4 members (excludes halogenated alkanes) is 1. The molecule has 7 rings (SSSR count). The highest BCUT2D eigenvalue weighted by Gasteiger charge is 2.31. The number of aryl methyl sites for hydroxylation is 2. The van der Waals surface area contributed by atoms with Crippen molar-refractivity contribution in [1.82, 2.24) is 39.2 Å². The van der Waals surface area contributed by atoms with Gasteiger partial charge in [-0.05, 0) is 55.0 Å². The van der Waals surface area contributed by atoms with E-state index >= 15 is 4.39 Å². The number of amides is 2. The fourth-order valence-electron chi connectivity index (χ4n) is 8.02. The Hall–Kier alpha value is -5.04. The van der Waals surface area contributed by atoms with Gasteiger partial charge in [0.05, 0.1) is 57.3 Å². The first kappa shape index (κ1) is 45.0. The van der Waals surface area contributed by atoms with Gasteiger partial charge in [0, 0.05) is 94.8 Å². The van der Waals surface area contributed by atoms with Crippen LogP contribution in [-0.2, 0) is 48.5 Å². The van der Waals surface area contributed by atoms with E-state index in [0.717, 1.165) is 92.5 Å². The highest BCUT2D eigenvalue weighted by Crippen LogP contribution is 2.31. The normalized spacial score (nSPS) is 16.5. The molecule has 0 aliphatic carbocycles. The Kier molecular flexibility index (Phi) is 16.2. The summed E-state index contributed by atoms with van der Waals surface area (Å²) in [6, 6.07) is 10.7. The van der Waals surface area contributed by atoms with E-state index in [9.17, 15) is 14.4 Å². The van der Waals surface area contributed by atoms with Crippen molar-refractivity contribution in [2.45, 2.75) is 58.0 Å². The molecule has 5 heterocycles. The summed E-state index contributed by atoms with van der Waals surface area (Å²) in [5.41, 5.74) is 5.19. The van der Waals surface area contributed by atoms with Gasteiger partial charge in [-0.2, -0.15) is 4.98 Å². The second-order valence-corrected chi connectivity index (χ2v) is 15.9. The summed E-state index contributed by atoms with van der Waals surface area (Å²) < 4.78 is 41.3. The number of piperidine rings is 1. The molecule has 3 aromatic heterocycles. The van der Waals surface area contributed by atoms with Crippen LogP contribution < -0.4 is 16.3 Å². The van der Waals surface area contributed by atoms with E-state index in [1.165, 1.54) is 4.57 Å². The molecule has 0 unspecified atom stereocenters. The third-order valence-electron chi connectivity index (χ3n) is 11.5. The minimum atomic E-state index is -0.691. The van der Waals surface area contributed by atoms with E-state index in [1.54, 1.807) is 30.1 Å². The van der Waals surface area contributed by atoms with E-state index in [4.69, 9.17) is 18.9 Å². The number of aromatic amines is 1. The fourth-order valence-corrected chi connectivity index (χ4v) is 8.02. The van der Waals surface area contributed by atoms with Gasteiger partial charge in [0.15, 0.2) is 0 Å². The van der Waals surface area contributed by atoms with E-state index < -0.39 is 11.9 Å². The van der Waals surface area contributed by atoms with Crippen LogP contribution in [-0.4, -0.2) is 138 Å². The van der Waals surface area contributed by atoms with Crippen LogP contribution >= 0.6 is 0 Å². The van der Waals surface area contributed by atoms with Gasteiger partial charge in [-0.1, -0.05) is 31.5 Å². The highest BCUT2D eigenvalue weighted by molar-refractivity contribution is 6.00. The molecule has 1 atom stereocenters. The summed E-state index contributed by atoms with van der Waals surface area (Å²) in [4.78, 5) is 53.9. The number of fused-ring (bicyclic) bond motifs is 2. The summed E-state index contributed by atoms with van der Waals surface area (Å²) in [6.07, 6.45) is 7.81. The molecule has 62 heavy (non-hydrogen) atoms.